The Kier molecular flexibility index (Phi) is 2.28. The van der Waals surface area contributed by atoms with Gasteiger partial charge < -0.3 is 15.7 Å². The van der Waals surface area contributed by atoms with E-state index in [0.29, 0.717) is 0 Å². The van der Waals surface area contributed by atoms with Gasteiger partial charge in [-0.2, -0.15) is 0 Å². The molecule has 64 valence electrons. The largest absolute Gasteiger partial charge is 0.465 e. The van der Waals surface area contributed by atoms with Crippen molar-refractivity contribution in [1.82, 2.24) is 4.90 Å². The average Bonchev–Trinajstić information content (AvgIpc) is 2.30. The van der Waals surface area contributed by atoms with E-state index in [9.17, 15) is 9.18 Å². The van der Waals surface area contributed by atoms with E-state index in [1.165, 1.54) is 0 Å². The predicted molar refractivity (Wildman–Crippen MR) is 37.1 cm³/mol. The van der Waals surface area contributed by atoms with Crippen LogP contribution in [0.5, 0.6) is 0 Å². The lowest BCUT2D eigenvalue weighted by molar-refractivity contribution is 0.139. The van der Waals surface area contributed by atoms with Gasteiger partial charge in [0.25, 0.3) is 0 Å². The first-order chi connectivity index (χ1) is 5.15. The summed E-state index contributed by atoms with van der Waals surface area (Å²) in [6, 6.07) is -0.331. The van der Waals surface area contributed by atoms with Crippen LogP contribution in [0.15, 0.2) is 0 Å². The Morgan fingerprint density at radius 1 is 1.82 bits per heavy atom. The fourth-order valence-electron chi connectivity index (χ4n) is 1.32. The molecule has 0 spiro atoms. The third-order valence-corrected chi connectivity index (χ3v) is 1.88. The van der Waals surface area contributed by atoms with E-state index in [-0.39, 0.29) is 25.6 Å². The standard InChI is InChI=1S/C6H11FN2O2/c7-4-1-5(2-8)9(3-4)6(10)11/h4-5H,1-3,8H2,(H,10,11)/t4-,5+/m1/s1. The fourth-order valence-corrected chi connectivity index (χ4v) is 1.32. The number of halogens is 1. The molecule has 1 fully saturated rings. The Balaban J connectivity index is 2.57. The molecule has 0 unspecified atom stereocenters. The van der Waals surface area contributed by atoms with Crippen molar-refractivity contribution in [2.24, 2.45) is 5.73 Å². The molecule has 1 rings (SSSR count). The molecule has 3 N–H and O–H groups in total. The molecule has 1 saturated heterocycles. The summed E-state index contributed by atoms with van der Waals surface area (Å²) in [5, 5.41) is 8.54. The van der Waals surface area contributed by atoms with Gasteiger partial charge in [-0.25, -0.2) is 9.18 Å². The Morgan fingerprint density at radius 2 is 2.45 bits per heavy atom. The number of amides is 1. The maximum atomic E-state index is 12.6. The molecular weight excluding hydrogens is 151 g/mol. The zero-order chi connectivity index (χ0) is 8.43. The second-order valence-corrected chi connectivity index (χ2v) is 2.66. The van der Waals surface area contributed by atoms with Crippen LogP contribution in [0.25, 0.3) is 0 Å². The summed E-state index contributed by atoms with van der Waals surface area (Å²) in [5.41, 5.74) is 5.25. The molecular formula is C6H11FN2O2. The van der Waals surface area contributed by atoms with Gasteiger partial charge in [0.15, 0.2) is 0 Å². The summed E-state index contributed by atoms with van der Waals surface area (Å²) >= 11 is 0. The molecule has 1 amide bonds. The zero-order valence-electron chi connectivity index (χ0n) is 6.03. The summed E-state index contributed by atoms with van der Waals surface area (Å²) in [6.07, 6.45) is -1.89. The van der Waals surface area contributed by atoms with Crippen LogP contribution in [0.4, 0.5) is 9.18 Å². The normalized spacial score (nSPS) is 30.9. The third kappa shape index (κ3) is 1.59. The minimum Gasteiger partial charge on any atom is -0.465 e. The van der Waals surface area contributed by atoms with E-state index in [2.05, 4.69) is 0 Å². The first-order valence-corrected chi connectivity index (χ1v) is 3.49. The molecule has 2 atom stereocenters. The summed E-state index contributed by atoms with van der Waals surface area (Å²) in [7, 11) is 0. The highest BCUT2D eigenvalue weighted by Gasteiger charge is 2.34. The number of hydrogen-bond acceptors (Lipinski definition) is 2. The van der Waals surface area contributed by atoms with Crippen LogP contribution in [0.2, 0.25) is 0 Å². The fraction of sp³-hybridized carbons (Fsp3) is 0.833. The topological polar surface area (TPSA) is 66.6 Å². The molecule has 0 aromatic carbocycles. The van der Waals surface area contributed by atoms with Gasteiger partial charge in [0, 0.05) is 13.0 Å². The van der Waals surface area contributed by atoms with Crippen LogP contribution in [-0.2, 0) is 0 Å². The lowest BCUT2D eigenvalue weighted by atomic mass is 10.2. The molecule has 1 heterocycles. The Labute approximate surface area is 63.8 Å². The third-order valence-electron chi connectivity index (χ3n) is 1.88. The van der Waals surface area contributed by atoms with Crippen molar-refractivity contribution in [1.29, 1.82) is 0 Å². The van der Waals surface area contributed by atoms with Crippen molar-refractivity contribution in [2.45, 2.75) is 18.6 Å². The first-order valence-electron chi connectivity index (χ1n) is 3.49. The SMILES string of the molecule is NC[C@@H]1C[C@@H](F)CN1C(=O)O. The van der Waals surface area contributed by atoms with Crippen LogP contribution in [0, 0.1) is 0 Å². The van der Waals surface area contributed by atoms with Gasteiger partial charge in [-0.3, -0.25) is 0 Å². The van der Waals surface area contributed by atoms with Crippen molar-refractivity contribution in [2.75, 3.05) is 13.1 Å². The van der Waals surface area contributed by atoms with Crippen LogP contribution in [-0.4, -0.2) is 41.4 Å². The highest BCUT2D eigenvalue weighted by molar-refractivity contribution is 5.66. The van der Waals surface area contributed by atoms with Gasteiger partial charge in [-0.05, 0) is 0 Å². The van der Waals surface area contributed by atoms with E-state index >= 15 is 0 Å². The monoisotopic (exact) mass is 162 g/mol. The summed E-state index contributed by atoms with van der Waals surface area (Å²) in [4.78, 5) is 11.5. The van der Waals surface area contributed by atoms with Gasteiger partial charge in [-0.1, -0.05) is 0 Å². The molecule has 0 aromatic heterocycles. The smallest absolute Gasteiger partial charge is 0.407 e. The lowest BCUT2D eigenvalue weighted by Crippen LogP contribution is -2.39. The van der Waals surface area contributed by atoms with Crippen LogP contribution >= 0.6 is 0 Å². The molecule has 11 heavy (non-hydrogen) atoms. The minimum atomic E-state index is -1.08. The predicted octanol–water partition coefficient (Wildman–Crippen LogP) is 0.0355. The van der Waals surface area contributed by atoms with E-state index in [4.69, 9.17) is 10.8 Å². The van der Waals surface area contributed by atoms with Crippen LogP contribution < -0.4 is 5.73 Å². The van der Waals surface area contributed by atoms with E-state index in [1.54, 1.807) is 0 Å². The van der Waals surface area contributed by atoms with Gasteiger partial charge in [0.05, 0.1) is 12.6 Å². The highest BCUT2D eigenvalue weighted by atomic mass is 19.1. The molecule has 0 saturated carbocycles. The number of carboxylic acid groups (broad SMARTS) is 1. The summed E-state index contributed by atoms with van der Waals surface area (Å²) in [6.45, 7) is 0.171. The number of nitrogens with two attached hydrogens (primary N) is 1. The summed E-state index contributed by atoms with van der Waals surface area (Å²) < 4.78 is 12.6. The minimum absolute atomic E-state index is 0.0306. The molecule has 1 aliphatic rings. The maximum Gasteiger partial charge on any atom is 0.407 e. The first kappa shape index (κ1) is 8.26. The van der Waals surface area contributed by atoms with Crippen molar-refractivity contribution in [3.63, 3.8) is 0 Å². The number of rotatable bonds is 1. The highest BCUT2D eigenvalue weighted by Crippen LogP contribution is 2.19. The summed E-state index contributed by atoms with van der Waals surface area (Å²) in [5.74, 6) is 0. The van der Waals surface area contributed by atoms with Gasteiger partial charge >= 0.3 is 6.09 Å². The molecule has 0 bridgehead atoms. The van der Waals surface area contributed by atoms with Crippen molar-refractivity contribution < 1.29 is 14.3 Å². The number of alkyl halides is 1. The Bertz CT molecular complexity index is 165. The second-order valence-electron chi connectivity index (χ2n) is 2.66. The lowest BCUT2D eigenvalue weighted by Gasteiger charge is -2.18. The Hall–Kier alpha value is -0.840. The molecule has 0 radical (unpaired) electrons. The van der Waals surface area contributed by atoms with Gasteiger partial charge in [0.2, 0.25) is 0 Å². The van der Waals surface area contributed by atoms with E-state index < -0.39 is 12.3 Å². The maximum absolute atomic E-state index is 12.6. The Morgan fingerprint density at radius 3 is 2.82 bits per heavy atom. The molecule has 0 aromatic rings. The number of likely N-dealkylation sites (tertiary alicyclic amines) is 1. The van der Waals surface area contributed by atoms with E-state index in [1.807, 2.05) is 0 Å². The average molecular weight is 162 g/mol. The molecule has 0 aliphatic carbocycles. The molecule has 4 nitrogen and oxygen atoms in total. The number of hydrogen-bond donors (Lipinski definition) is 2. The van der Waals surface area contributed by atoms with Gasteiger partial charge in [0.1, 0.15) is 6.17 Å². The molecule has 1 aliphatic heterocycles. The number of carbonyl (C=O) groups is 1. The van der Waals surface area contributed by atoms with Gasteiger partial charge in [-0.15, -0.1) is 0 Å². The van der Waals surface area contributed by atoms with Crippen molar-refractivity contribution >= 4 is 6.09 Å². The second kappa shape index (κ2) is 3.04. The van der Waals surface area contributed by atoms with Crippen molar-refractivity contribution in [3.05, 3.63) is 0 Å². The zero-order valence-corrected chi connectivity index (χ0v) is 6.03. The van der Waals surface area contributed by atoms with E-state index in [0.717, 1.165) is 4.90 Å². The number of nitrogens with zero attached hydrogens (tertiary/aromatic N) is 1. The van der Waals surface area contributed by atoms with Crippen LogP contribution in [0.1, 0.15) is 6.42 Å². The van der Waals surface area contributed by atoms with Crippen molar-refractivity contribution in [3.8, 4) is 0 Å². The van der Waals surface area contributed by atoms with Crippen LogP contribution in [0.3, 0.4) is 0 Å². The quantitative estimate of drug-likeness (QED) is 0.571. The molecule has 5 heteroatoms.